The molecular weight excluding hydrogens is 384 g/mol. The Morgan fingerprint density at radius 2 is 1.12 bits per heavy atom. The Labute approximate surface area is 165 Å². The third-order valence-electron chi connectivity index (χ3n) is 2.67. The van der Waals surface area contributed by atoms with Crippen molar-refractivity contribution in [3.05, 3.63) is 70.1 Å². The summed E-state index contributed by atoms with van der Waals surface area (Å²) in [5.41, 5.74) is 1.99. The van der Waals surface area contributed by atoms with Gasteiger partial charge in [0.05, 0.1) is 0 Å². The number of pyridine rings is 2. The van der Waals surface area contributed by atoms with E-state index < -0.39 is 16.5 Å². The van der Waals surface area contributed by atoms with E-state index in [0.29, 0.717) is 13.1 Å². The van der Waals surface area contributed by atoms with Gasteiger partial charge in [-0.25, -0.2) is 0 Å². The Hall–Kier alpha value is -0.827. The normalized spacial score (nSPS) is 11.1. The van der Waals surface area contributed by atoms with Gasteiger partial charge in [0, 0.05) is 23.8 Å². The van der Waals surface area contributed by atoms with Crippen LogP contribution in [0, 0.1) is 0 Å². The number of nitrogens with zero attached hydrogens (tertiary/aromatic N) is 4. The van der Waals surface area contributed by atoms with Gasteiger partial charge in [0.25, 0.3) is 0 Å². The van der Waals surface area contributed by atoms with E-state index in [1.807, 2.05) is 36.4 Å². The van der Waals surface area contributed by atoms with Crippen LogP contribution in [0.25, 0.3) is 9.96 Å². The van der Waals surface area contributed by atoms with E-state index in [4.69, 9.17) is 4.65 Å². The van der Waals surface area contributed by atoms with Crippen molar-refractivity contribution in [2.75, 3.05) is 0 Å². The van der Waals surface area contributed by atoms with E-state index >= 15 is 0 Å². The molecule has 0 spiro atoms. The third-order valence-corrected chi connectivity index (χ3v) is 8.04. The molecule has 2 rings (SSSR count). The van der Waals surface area contributed by atoms with Crippen LogP contribution in [0.2, 0.25) is 39.3 Å². The molecule has 0 bridgehead atoms. The summed E-state index contributed by atoms with van der Waals surface area (Å²) in [5.74, 6) is 0. The number of aromatic nitrogens is 2. The van der Waals surface area contributed by atoms with Crippen molar-refractivity contribution in [1.29, 1.82) is 0 Å². The van der Waals surface area contributed by atoms with Crippen molar-refractivity contribution in [1.82, 2.24) is 9.97 Å². The van der Waals surface area contributed by atoms with Crippen LogP contribution in [0.1, 0.15) is 11.4 Å². The Balaban J connectivity index is 0.000000504. The van der Waals surface area contributed by atoms with Gasteiger partial charge in [0.15, 0.2) is 0 Å². The molecule has 2 heterocycles. The van der Waals surface area contributed by atoms with E-state index in [-0.39, 0.29) is 17.1 Å². The molecule has 0 aromatic carbocycles. The summed E-state index contributed by atoms with van der Waals surface area (Å²) in [4.78, 5) is 8.39. The molecule has 0 aliphatic rings. The maximum atomic E-state index is 4.82. The van der Waals surface area contributed by atoms with E-state index in [2.05, 4.69) is 54.6 Å². The minimum Gasteiger partial charge on any atom is -0.668 e. The molecule has 25 heavy (non-hydrogen) atoms. The van der Waals surface area contributed by atoms with Crippen molar-refractivity contribution >= 4 is 16.5 Å². The Kier molecular flexibility index (Phi) is 11.3. The molecular formula is C18H30FeN4Si2. The smallest absolute Gasteiger partial charge is 0.668 e. The van der Waals surface area contributed by atoms with Gasteiger partial charge in [-0.3, -0.25) is 9.97 Å². The molecule has 138 valence electrons. The summed E-state index contributed by atoms with van der Waals surface area (Å²) in [6, 6.07) is 11.7. The van der Waals surface area contributed by atoms with Crippen LogP contribution >= 0.6 is 0 Å². The Bertz CT molecular complexity index is 518. The van der Waals surface area contributed by atoms with Crippen LogP contribution in [0.3, 0.4) is 0 Å². The summed E-state index contributed by atoms with van der Waals surface area (Å²) in [5, 5.41) is 4.39. The van der Waals surface area contributed by atoms with Gasteiger partial charge in [-0.05, 0) is 24.3 Å². The predicted octanol–water partition coefficient (Wildman–Crippen LogP) is 5.58. The minimum absolute atomic E-state index is 0. The first kappa shape index (κ1) is 24.2. The van der Waals surface area contributed by atoms with E-state index in [1.165, 1.54) is 0 Å². The maximum absolute atomic E-state index is 4.82. The zero-order chi connectivity index (χ0) is 18.1. The second kappa shape index (κ2) is 11.7. The molecule has 0 aliphatic carbocycles. The van der Waals surface area contributed by atoms with Crippen molar-refractivity contribution in [3.8, 4) is 0 Å². The molecule has 0 fully saturated rings. The van der Waals surface area contributed by atoms with Gasteiger partial charge in [0.1, 0.15) is 0 Å². The van der Waals surface area contributed by atoms with Crippen molar-refractivity contribution < 1.29 is 17.1 Å². The van der Waals surface area contributed by atoms with Crippen molar-refractivity contribution in [3.63, 3.8) is 0 Å². The van der Waals surface area contributed by atoms with E-state index in [1.54, 1.807) is 12.4 Å². The molecule has 0 N–H and O–H groups in total. The molecule has 0 atom stereocenters. The van der Waals surface area contributed by atoms with Crippen LogP contribution in [0.4, 0.5) is 0 Å². The quantitative estimate of drug-likeness (QED) is 0.580. The average molecular weight is 414 g/mol. The third kappa shape index (κ3) is 14.1. The second-order valence-electron chi connectivity index (χ2n) is 7.64. The van der Waals surface area contributed by atoms with Crippen LogP contribution < -0.4 is 0 Å². The number of rotatable bonds is 6. The molecule has 7 heteroatoms. The number of hydrogen-bond donors (Lipinski definition) is 0. The van der Waals surface area contributed by atoms with Crippen LogP contribution in [0.15, 0.2) is 48.8 Å². The first-order chi connectivity index (χ1) is 11.2. The molecule has 0 aliphatic heterocycles. The molecule has 2 aromatic heterocycles. The zero-order valence-electron chi connectivity index (χ0n) is 16.2. The molecule has 2 aromatic rings. The zero-order valence-corrected chi connectivity index (χ0v) is 19.3. The molecule has 0 radical (unpaired) electrons. The van der Waals surface area contributed by atoms with Gasteiger partial charge in [-0.2, -0.15) is 0 Å². The minimum atomic E-state index is -1.11. The fourth-order valence-corrected chi connectivity index (χ4v) is 10.3. The summed E-state index contributed by atoms with van der Waals surface area (Å²) in [6.07, 6.45) is 3.57. The molecule has 0 saturated heterocycles. The van der Waals surface area contributed by atoms with E-state index in [9.17, 15) is 0 Å². The van der Waals surface area contributed by atoms with Crippen molar-refractivity contribution in [2.24, 2.45) is 0 Å². The molecule has 0 unspecified atom stereocenters. The summed E-state index contributed by atoms with van der Waals surface area (Å²) >= 11 is 0. The van der Waals surface area contributed by atoms with Gasteiger partial charge in [-0.15, -0.1) is 13.1 Å². The largest absolute Gasteiger partial charge is 2.00 e. The van der Waals surface area contributed by atoms with Crippen LogP contribution in [0.5, 0.6) is 0 Å². The first-order valence-electron chi connectivity index (χ1n) is 8.33. The van der Waals surface area contributed by atoms with Crippen LogP contribution in [-0.4, -0.2) is 26.4 Å². The van der Waals surface area contributed by atoms with Gasteiger partial charge in [-0.1, -0.05) is 67.9 Å². The molecule has 4 nitrogen and oxygen atoms in total. The Morgan fingerprint density at radius 1 is 0.720 bits per heavy atom. The molecule has 0 amide bonds. The average Bonchev–Trinajstić information content (AvgIpc) is 2.46. The number of hydrogen-bond acceptors (Lipinski definition) is 2. The fraction of sp³-hybridized carbons (Fsp3) is 0.444. The summed E-state index contributed by atoms with van der Waals surface area (Å²) in [7, 11) is -2.21. The van der Waals surface area contributed by atoms with Gasteiger partial charge < -0.3 is 9.96 Å². The van der Waals surface area contributed by atoms with Crippen LogP contribution in [-0.2, 0) is 30.2 Å². The maximum Gasteiger partial charge on any atom is 2.00 e. The SMILES string of the molecule is C[Si](C)(C)[N-][Si](C)(C)C.[Fe+2].c1ccc(C[N-]Cc2ccccn2)nc1. The predicted molar refractivity (Wildman–Crippen MR) is 109 cm³/mol. The summed E-state index contributed by atoms with van der Waals surface area (Å²) < 4.78 is 4.82. The Morgan fingerprint density at radius 3 is 1.36 bits per heavy atom. The topological polar surface area (TPSA) is 54.0 Å². The van der Waals surface area contributed by atoms with Gasteiger partial charge >= 0.3 is 17.1 Å². The van der Waals surface area contributed by atoms with E-state index in [0.717, 1.165) is 11.4 Å². The van der Waals surface area contributed by atoms with Crippen molar-refractivity contribution in [2.45, 2.75) is 52.4 Å². The molecule has 0 saturated carbocycles. The monoisotopic (exact) mass is 414 g/mol. The fourth-order valence-electron chi connectivity index (χ4n) is 2.27. The van der Waals surface area contributed by atoms with Gasteiger partial charge in [0.2, 0.25) is 0 Å². The summed E-state index contributed by atoms with van der Waals surface area (Å²) in [6.45, 7) is 15.1. The second-order valence-corrected chi connectivity index (χ2v) is 17.2. The first-order valence-corrected chi connectivity index (χ1v) is 15.2. The standard InChI is InChI=1S/C12H12N3.C6H18NSi2.Fe/c1-3-7-14-11(5-1)9-13-10-12-6-2-4-8-15-12;1-8(2,3)7-9(4,5)6;/h1-8H,9-10H2;1-6H3;/q2*-1;+2.